The number of rotatable bonds is 19. The number of fused-ring (bicyclic) bond motifs is 1. The van der Waals surface area contributed by atoms with Crippen molar-refractivity contribution in [2.24, 2.45) is 11.8 Å². The Labute approximate surface area is 352 Å². The van der Waals surface area contributed by atoms with E-state index in [1.807, 2.05) is 27.7 Å². The molecule has 0 saturated carbocycles. The number of hydrogen-bond acceptors (Lipinski definition) is 12. The highest BCUT2D eigenvalue weighted by Gasteiger charge is 2.35. The Hall–Kier alpha value is -5.39. The maximum Gasteiger partial charge on any atom is 0.326 e. The summed E-state index contributed by atoms with van der Waals surface area (Å²) in [6, 6.07) is 19.3. The Morgan fingerprint density at radius 3 is 1.63 bits per heavy atom. The Kier molecular flexibility index (Phi) is 15.4. The number of nitrogens with zero attached hydrogens (tertiary/aromatic N) is 3. The largest absolute Gasteiger partial charge is 0.497 e. The highest BCUT2D eigenvalue weighted by atomic mass is 32.2. The molecule has 0 atom stereocenters. The molecule has 1 fully saturated rings. The van der Waals surface area contributed by atoms with E-state index >= 15 is 0 Å². The maximum absolute atomic E-state index is 14.9. The number of hydrogen-bond donors (Lipinski definition) is 0. The minimum atomic E-state index is -4.58. The lowest BCUT2D eigenvalue weighted by Crippen LogP contribution is -2.41. The molecular weight excluding hydrogens is 815 g/mol. The van der Waals surface area contributed by atoms with E-state index in [-0.39, 0.29) is 81.3 Å². The molecule has 0 N–H and O–H groups in total. The van der Waals surface area contributed by atoms with Crippen molar-refractivity contribution >= 4 is 60.0 Å². The number of morpholine rings is 1. The number of sulfonamides is 2. The third kappa shape index (κ3) is 11.1. The molecule has 0 spiro atoms. The smallest absolute Gasteiger partial charge is 0.326 e. The second kappa shape index (κ2) is 20.2. The van der Waals surface area contributed by atoms with Gasteiger partial charge in [-0.1, -0.05) is 52.0 Å². The van der Waals surface area contributed by atoms with Crippen LogP contribution < -0.4 is 18.1 Å². The van der Waals surface area contributed by atoms with Crippen molar-refractivity contribution in [2.45, 2.75) is 50.3 Å². The second-order valence-electron chi connectivity index (χ2n) is 15.0. The van der Waals surface area contributed by atoms with Gasteiger partial charge in [0.15, 0.2) is 0 Å². The number of carbonyl (C=O) groups is 3. The summed E-state index contributed by atoms with van der Waals surface area (Å²) in [5.74, 6) is -1.17. The van der Waals surface area contributed by atoms with Crippen molar-refractivity contribution in [1.29, 1.82) is 0 Å². The molecule has 0 aromatic heterocycles. The van der Waals surface area contributed by atoms with E-state index in [9.17, 15) is 31.2 Å². The first kappa shape index (κ1) is 45.7. The van der Waals surface area contributed by atoms with Crippen LogP contribution in [-0.4, -0.2) is 106 Å². The number of ether oxygens (including phenoxy) is 5. The van der Waals surface area contributed by atoms with E-state index in [2.05, 4.69) is 0 Å². The van der Waals surface area contributed by atoms with Crippen LogP contribution >= 0.6 is 0 Å². The van der Waals surface area contributed by atoms with Crippen molar-refractivity contribution in [3.8, 4) is 11.5 Å². The topological polar surface area (TPSA) is 175 Å². The van der Waals surface area contributed by atoms with Gasteiger partial charge in [0, 0.05) is 30.3 Å². The van der Waals surface area contributed by atoms with E-state index in [1.54, 1.807) is 29.2 Å². The molecule has 0 aliphatic carbocycles. The number of anilines is 2. The van der Waals surface area contributed by atoms with Crippen LogP contribution in [0.15, 0.2) is 88.7 Å². The van der Waals surface area contributed by atoms with Crippen LogP contribution in [0.1, 0.15) is 39.7 Å². The molecule has 0 bridgehead atoms. The summed E-state index contributed by atoms with van der Waals surface area (Å²) in [4.78, 5) is 42.1. The molecule has 1 amide bonds. The zero-order chi connectivity index (χ0) is 43.6. The summed E-state index contributed by atoms with van der Waals surface area (Å²) in [5, 5.41) is 0.457. The van der Waals surface area contributed by atoms with Crippen LogP contribution in [0.25, 0.3) is 10.8 Å². The van der Waals surface area contributed by atoms with Crippen LogP contribution in [-0.2, 0) is 55.1 Å². The van der Waals surface area contributed by atoms with Crippen molar-refractivity contribution in [1.82, 2.24) is 4.90 Å². The second-order valence-corrected chi connectivity index (χ2v) is 18.7. The van der Waals surface area contributed by atoms with Crippen molar-refractivity contribution in [3.63, 3.8) is 0 Å². The number of carbonyl (C=O) groups excluding carboxylic acids is 3. The van der Waals surface area contributed by atoms with E-state index in [4.69, 9.17) is 23.7 Å². The average Bonchev–Trinajstić information content (AvgIpc) is 3.25. The van der Waals surface area contributed by atoms with Crippen LogP contribution in [0.4, 0.5) is 11.4 Å². The molecule has 4 aromatic rings. The zero-order valence-corrected chi connectivity index (χ0v) is 36.4. The van der Waals surface area contributed by atoms with E-state index in [1.165, 1.54) is 68.8 Å². The summed E-state index contributed by atoms with van der Waals surface area (Å²) >= 11 is 0. The number of benzene rings is 4. The van der Waals surface area contributed by atoms with Gasteiger partial charge in [-0.25, -0.2) is 16.8 Å². The molecule has 1 aliphatic rings. The average molecular weight is 868 g/mol. The monoisotopic (exact) mass is 867 g/mol. The highest BCUT2D eigenvalue weighted by molar-refractivity contribution is 7.93. The summed E-state index contributed by atoms with van der Waals surface area (Å²) in [6.07, 6.45) is -0.200. The lowest BCUT2D eigenvalue weighted by atomic mass is 9.98. The normalized spacial score (nSPS) is 13.3. The van der Waals surface area contributed by atoms with Gasteiger partial charge in [-0.3, -0.25) is 23.0 Å². The fourth-order valence-corrected chi connectivity index (χ4v) is 9.37. The van der Waals surface area contributed by atoms with Gasteiger partial charge in [-0.15, -0.1) is 0 Å². The first-order valence-electron chi connectivity index (χ1n) is 19.6. The van der Waals surface area contributed by atoms with Gasteiger partial charge in [0.05, 0.1) is 61.8 Å². The fraction of sp³-hybridized carbons (Fsp3) is 0.419. The molecule has 324 valence electrons. The van der Waals surface area contributed by atoms with Gasteiger partial charge >= 0.3 is 11.9 Å². The standard InChI is InChI=1S/C43H53N3O12S2/c1-30(2)28-57-41(48)26-45(59(50,51)35-16-12-33(54-5)13-17-35)39-25-32(11-20-40(47)44-21-23-56-24-22-44)43(38-10-8-7-9-37(38)39)46(27-42(49)58-29-31(3)4)60(52,53)36-18-14-34(55-6)15-19-36/h7-10,12-19,25,30-31H,11,20-24,26-29H2,1-6H3. The van der Waals surface area contributed by atoms with E-state index in [0.717, 1.165) is 8.61 Å². The minimum Gasteiger partial charge on any atom is -0.497 e. The van der Waals surface area contributed by atoms with Crippen molar-refractivity contribution in [2.75, 3.05) is 75.4 Å². The minimum absolute atomic E-state index is 0.0182. The van der Waals surface area contributed by atoms with Crippen LogP contribution in [0, 0.1) is 11.8 Å². The Morgan fingerprint density at radius 2 is 1.15 bits per heavy atom. The lowest BCUT2D eigenvalue weighted by Gasteiger charge is -2.31. The summed E-state index contributed by atoms with van der Waals surface area (Å²) in [5.41, 5.74) is 0.264. The number of aryl methyl sites for hydroxylation is 1. The van der Waals surface area contributed by atoms with Gasteiger partial charge in [-0.2, -0.15) is 0 Å². The Bertz CT molecular complexity index is 2350. The highest BCUT2D eigenvalue weighted by Crippen LogP contribution is 2.42. The van der Waals surface area contributed by atoms with Gasteiger partial charge in [0.25, 0.3) is 20.0 Å². The lowest BCUT2D eigenvalue weighted by molar-refractivity contribution is -0.143. The molecule has 15 nitrogen and oxygen atoms in total. The van der Waals surface area contributed by atoms with Crippen LogP contribution in [0.3, 0.4) is 0 Å². The van der Waals surface area contributed by atoms with Crippen LogP contribution in [0.2, 0.25) is 0 Å². The SMILES string of the molecule is COc1ccc(S(=O)(=O)N(CC(=O)OCC(C)C)c2cc(CCC(=O)N3CCOCC3)c(N(CC(=O)OCC(C)C)S(=O)(=O)c3ccc(OC)cc3)c3ccccc23)cc1. The summed E-state index contributed by atoms with van der Waals surface area (Å²) in [6.45, 7) is 7.38. The Morgan fingerprint density at radius 1 is 0.683 bits per heavy atom. The summed E-state index contributed by atoms with van der Waals surface area (Å²) < 4.78 is 88.1. The summed E-state index contributed by atoms with van der Waals surface area (Å²) in [7, 11) is -6.24. The first-order valence-corrected chi connectivity index (χ1v) is 22.5. The third-order valence-electron chi connectivity index (χ3n) is 9.56. The maximum atomic E-state index is 14.9. The van der Waals surface area contributed by atoms with E-state index in [0.29, 0.717) is 37.8 Å². The van der Waals surface area contributed by atoms with Gasteiger partial charge < -0.3 is 28.6 Å². The zero-order valence-electron chi connectivity index (χ0n) is 34.8. The number of amides is 1. The van der Waals surface area contributed by atoms with Crippen LogP contribution in [0.5, 0.6) is 11.5 Å². The number of esters is 2. The molecule has 17 heteroatoms. The Balaban J connectivity index is 1.79. The van der Waals surface area contributed by atoms with Gasteiger partial charge in [0.2, 0.25) is 5.91 Å². The molecule has 1 aliphatic heterocycles. The fourth-order valence-electron chi connectivity index (χ4n) is 6.48. The van der Waals surface area contributed by atoms with Gasteiger partial charge in [-0.05, 0) is 78.4 Å². The molecule has 0 radical (unpaired) electrons. The molecule has 1 heterocycles. The predicted molar refractivity (Wildman–Crippen MR) is 226 cm³/mol. The quantitative estimate of drug-likeness (QED) is 0.109. The number of methoxy groups -OCH3 is 2. The molecule has 5 rings (SSSR count). The molecule has 60 heavy (non-hydrogen) atoms. The van der Waals surface area contributed by atoms with E-state index < -0.39 is 45.1 Å². The molecule has 4 aromatic carbocycles. The third-order valence-corrected chi connectivity index (χ3v) is 13.1. The predicted octanol–water partition coefficient (Wildman–Crippen LogP) is 5.44. The van der Waals surface area contributed by atoms with Gasteiger partial charge in [0.1, 0.15) is 24.6 Å². The first-order chi connectivity index (χ1) is 28.6. The molecular formula is C43H53N3O12S2. The molecule has 1 saturated heterocycles. The molecule has 0 unspecified atom stereocenters. The van der Waals surface area contributed by atoms with Crippen molar-refractivity contribution in [3.05, 3.63) is 84.4 Å². The van der Waals surface area contributed by atoms with Crippen molar-refractivity contribution < 1.29 is 54.9 Å².